The number of fused-ring (bicyclic) bond motifs is 1. The Morgan fingerprint density at radius 1 is 1.64 bits per heavy atom. The highest BCUT2D eigenvalue weighted by atomic mass is 79.9. The van der Waals surface area contributed by atoms with Crippen molar-refractivity contribution in [2.45, 2.75) is 12.5 Å². The first-order chi connectivity index (χ1) is 6.66. The number of rotatable bonds is 2. The zero-order valence-corrected chi connectivity index (χ0v) is 8.99. The van der Waals surface area contributed by atoms with E-state index in [1.165, 1.54) is 0 Å². The molecule has 0 aromatic heterocycles. The lowest BCUT2D eigenvalue weighted by molar-refractivity contribution is -0.136. The molecule has 2 unspecified atom stereocenters. The second kappa shape index (κ2) is 3.61. The molecule has 0 aromatic carbocycles. The van der Waals surface area contributed by atoms with E-state index < -0.39 is 5.97 Å². The smallest absolute Gasteiger partial charge is 0.307 e. The summed E-state index contributed by atoms with van der Waals surface area (Å²) in [5, 5.41) is 11.9. The van der Waals surface area contributed by atoms with Gasteiger partial charge in [-0.3, -0.25) is 4.79 Å². The highest BCUT2D eigenvalue weighted by Gasteiger charge is 2.28. The molecule has 14 heavy (non-hydrogen) atoms. The molecule has 0 radical (unpaired) electrons. The molecule has 1 aliphatic carbocycles. The molecule has 74 valence electrons. The third kappa shape index (κ3) is 1.75. The normalized spacial score (nSPS) is 28.9. The van der Waals surface area contributed by atoms with Gasteiger partial charge in [0.2, 0.25) is 0 Å². The second-order valence-corrected chi connectivity index (χ2v) is 4.33. The van der Waals surface area contributed by atoms with Gasteiger partial charge < -0.3 is 10.4 Å². The molecule has 1 aliphatic heterocycles. The summed E-state index contributed by atoms with van der Waals surface area (Å²) in [5.41, 5.74) is 0.934. The minimum absolute atomic E-state index is 0.110. The molecule has 2 rings (SSSR count). The summed E-state index contributed by atoms with van der Waals surface area (Å²) in [6.07, 6.45) is 7.99. The van der Waals surface area contributed by atoms with Crippen molar-refractivity contribution in [2.24, 2.45) is 5.92 Å². The third-order valence-corrected chi connectivity index (χ3v) is 2.96. The SMILES string of the molecule is O=C(O)CC1=CNC2C=CC(Br)=CC12. The van der Waals surface area contributed by atoms with Gasteiger partial charge in [0.1, 0.15) is 0 Å². The quantitative estimate of drug-likeness (QED) is 0.791. The van der Waals surface area contributed by atoms with Crippen molar-refractivity contribution in [3.63, 3.8) is 0 Å². The van der Waals surface area contributed by atoms with Gasteiger partial charge in [-0.15, -0.1) is 0 Å². The lowest BCUT2D eigenvalue weighted by atomic mass is 9.90. The molecule has 0 bridgehead atoms. The minimum atomic E-state index is -0.780. The Kier molecular flexibility index (Phi) is 2.46. The van der Waals surface area contributed by atoms with E-state index in [9.17, 15) is 4.79 Å². The fourth-order valence-corrected chi connectivity index (χ4v) is 2.22. The van der Waals surface area contributed by atoms with Crippen LogP contribution in [0.15, 0.2) is 34.5 Å². The summed E-state index contributed by atoms with van der Waals surface area (Å²) < 4.78 is 1.01. The lowest BCUT2D eigenvalue weighted by Crippen LogP contribution is -2.25. The number of hydrogen-bond donors (Lipinski definition) is 2. The van der Waals surface area contributed by atoms with Crippen LogP contribution in [0.1, 0.15) is 6.42 Å². The molecule has 0 spiro atoms. The number of allylic oxidation sites excluding steroid dienone is 2. The first kappa shape index (κ1) is 9.52. The predicted molar refractivity (Wildman–Crippen MR) is 56.9 cm³/mol. The molecule has 0 aromatic rings. The Labute approximate surface area is 90.3 Å². The molecular weight excluding hydrogens is 246 g/mol. The zero-order valence-electron chi connectivity index (χ0n) is 7.40. The van der Waals surface area contributed by atoms with E-state index >= 15 is 0 Å². The standard InChI is InChI=1S/C10H10BrNO2/c11-7-1-2-9-8(4-7)6(5-12-9)3-10(13)14/h1-2,4-5,8-9,12H,3H2,(H,13,14). The van der Waals surface area contributed by atoms with Crippen LogP contribution in [0, 0.1) is 5.92 Å². The molecule has 2 N–H and O–H groups in total. The molecule has 4 heteroatoms. The van der Waals surface area contributed by atoms with E-state index in [4.69, 9.17) is 5.11 Å². The van der Waals surface area contributed by atoms with Crippen LogP contribution in [0.2, 0.25) is 0 Å². The van der Waals surface area contributed by atoms with E-state index in [1.807, 2.05) is 24.4 Å². The molecule has 1 heterocycles. The van der Waals surface area contributed by atoms with E-state index in [0.29, 0.717) is 0 Å². The van der Waals surface area contributed by atoms with Crippen LogP contribution in [0.4, 0.5) is 0 Å². The summed E-state index contributed by atoms with van der Waals surface area (Å²) in [6, 6.07) is 0.227. The van der Waals surface area contributed by atoms with Crippen LogP contribution in [0.3, 0.4) is 0 Å². The first-order valence-corrected chi connectivity index (χ1v) is 5.18. The molecule has 2 aliphatic rings. The van der Waals surface area contributed by atoms with Crippen LogP contribution in [-0.4, -0.2) is 17.1 Å². The number of carboxylic acids is 1. The molecule has 3 nitrogen and oxygen atoms in total. The Balaban J connectivity index is 2.16. The van der Waals surface area contributed by atoms with Crippen molar-refractivity contribution >= 4 is 21.9 Å². The molecule has 0 saturated carbocycles. The topological polar surface area (TPSA) is 49.3 Å². The minimum Gasteiger partial charge on any atom is -0.481 e. The Bertz CT molecular complexity index is 357. The van der Waals surface area contributed by atoms with E-state index in [2.05, 4.69) is 21.2 Å². The predicted octanol–water partition coefficient (Wildman–Crippen LogP) is 1.78. The Hall–Kier alpha value is -1.03. The molecule has 2 atom stereocenters. The van der Waals surface area contributed by atoms with Crippen LogP contribution in [0.5, 0.6) is 0 Å². The van der Waals surface area contributed by atoms with Crippen LogP contribution in [0.25, 0.3) is 0 Å². The third-order valence-electron chi connectivity index (χ3n) is 2.43. The fraction of sp³-hybridized carbons (Fsp3) is 0.300. The van der Waals surface area contributed by atoms with Crippen LogP contribution in [-0.2, 0) is 4.79 Å². The van der Waals surface area contributed by atoms with Crippen molar-refractivity contribution in [1.82, 2.24) is 5.32 Å². The van der Waals surface area contributed by atoms with Gasteiger partial charge in [0, 0.05) is 10.4 Å². The van der Waals surface area contributed by atoms with Gasteiger partial charge in [-0.2, -0.15) is 0 Å². The maximum absolute atomic E-state index is 10.6. The Morgan fingerprint density at radius 2 is 2.43 bits per heavy atom. The van der Waals surface area contributed by atoms with Crippen molar-refractivity contribution in [1.29, 1.82) is 0 Å². The van der Waals surface area contributed by atoms with Crippen molar-refractivity contribution < 1.29 is 9.90 Å². The van der Waals surface area contributed by atoms with Crippen molar-refractivity contribution in [2.75, 3.05) is 0 Å². The summed E-state index contributed by atoms with van der Waals surface area (Å²) >= 11 is 3.39. The van der Waals surface area contributed by atoms with Gasteiger partial charge in [0.05, 0.1) is 12.5 Å². The van der Waals surface area contributed by atoms with Crippen molar-refractivity contribution in [3.05, 3.63) is 34.5 Å². The van der Waals surface area contributed by atoms with Crippen molar-refractivity contribution in [3.8, 4) is 0 Å². The number of carbonyl (C=O) groups is 1. The summed E-state index contributed by atoms with van der Waals surface area (Å²) in [4.78, 5) is 10.6. The van der Waals surface area contributed by atoms with Crippen LogP contribution < -0.4 is 5.32 Å². The summed E-state index contributed by atoms with van der Waals surface area (Å²) in [6.45, 7) is 0. The molecule has 0 fully saturated rings. The summed E-state index contributed by atoms with van der Waals surface area (Å²) in [5.74, 6) is -0.594. The lowest BCUT2D eigenvalue weighted by Gasteiger charge is -2.19. The highest BCUT2D eigenvalue weighted by Crippen LogP contribution is 2.31. The van der Waals surface area contributed by atoms with E-state index in [-0.39, 0.29) is 18.4 Å². The zero-order chi connectivity index (χ0) is 10.1. The number of aliphatic carboxylic acids is 1. The number of nitrogens with one attached hydrogen (secondary N) is 1. The first-order valence-electron chi connectivity index (χ1n) is 4.39. The molecular formula is C10H10BrNO2. The highest BCUT2D eigenvalue weighted by molar-refractivity contribution is 9.11. The fourth-order valence-electron chi connectivity index (χ4n) is 1.79. The van der Waals surface area contributed by atoms with Gasteiger partial charge in [-0.05, 0) is 11.8 Å². The van der Waals surface area contributed by atoms with Gasteiger partial charge in [0.15, 0.2) is 0 Å². The second-order valence-electron chi connectivity index (χ2n) is 3.42. The largest absolute Gasteiger partial charge is 0.481 e. The van der Waals surface area contributed by atoms with Gasteiger partial charge in [-0.1, -0.05) is 34.2 Å². The number of carboxylic acid groups (broad SMARTS) is 1. The van der Waals surface area contributed by atoms with Gasteiger partial charge >= 0.3 is 5.97 Å². The number of hydrogen-bond acceptors (Lipinski definition) is 2. The average Bonchev–Trinajstić information content (AvgIpc) is 2.47. The Morgan fingerprint density at radius 3 is 3.14 bits per heavy atom. The van der Waals surface area contributed by atoms with Gasteiger partial charge in [-0.25, -0.2) is 0 Å². The summed E-state index contributed by atoms with van der Waals surface area (Å²) in [7, 11) is 0. The van der Waals surface area contributed by atoms with Gasteiger partial charge in [0.25, 0.3) is 0 Å². The molecule has 0 saturated heterocycles. The molecule has 0 amide bonds. The maximum Gasteiger partial charge on any atom is 0.307 e. The van der Waals surface area contributed by atoms with E-state index in [0.717, 1.165) is 10.1 Å². The van der Waals surface area contributed by atoms with E-state index in [1.54, 1.807) is 0 Å². The number of halogens is 1. The van der Waals surface area contributed by atoms with Crippen LogP contribution >= 0.6 is 15.9 Å². The maximum atomic E-state index is 10.6. The monoisotopic (exact) mass is 255 g/mol. The average molecular weight is 256 g/mol.